The Hall–Kier alpha value is -2.12. The fourth-order valence-corrected chi connectivity index (χ4v) is 3.36. The van der Waals surface area contributed by atoms with Crippen molar-refractivity contribution in [2.75, 3.05) is 20.3 Å². The zero-order valence-electron chi connectivity index (χ0n) is 14.6. The van der Waals surface area contributed by atoms with Crippen molar-refractivity contribution in [1.82, 2.24) is 10.2 Å². The summed E-state index contributed by atoms with van der Waals surface area (Å²) in [6, 6.07) is 2.89. The minimum atomic E-state index is -1.01. The summed E-state index contributed by atoms with van der Waals surface area (Å²) in [7, 11) is 1.50. The molecule has 26 heavy (non-hydrogen) atoms. The number of carbonyl (C=O) groups excluding carboxylic acids is 2. The molecule has 1 aromatic carbocycles. The molecule has 3 rings (SSSR count). The first kappa shape index (κ1) is 18.7. The number of urea groups is 1. The normalized spacial score (nSPS) is 20.2. The van der Waals surface area contributed by atoms with Crippen molar-refractivity contribution < 1.29 is 23.5 Å². The second-order valence-corrected chi connectivity index (χ2v) is 6.65. The van der Waals surface area contributed by atoms with Crippen molar-refractivity contribution in [2.45, 2.75) is 31.8 Å². The number of benzene rings is 1. The molecule has 0 spiro atoms. The molecular weight excluding hydrogens is 363 g/mol. The van der Waals surface area contributed by atoms with Gasteiger partial charge < -0.3 is 14.8 Å². The predicted octanol–water partition coefficient (Wildman–Crippen LogP) is 3.17. The Labute approximate surface area is 155 Å². The Morgan fingerprint density at radius 1 is 1.38 bits per heavy atom. The third-order valence-electron chi connectivity index (χ3n) is 4.47. The molecule has 1 aromatic rings. The van der Waals surface area contributed by atoms with E-state index in [-0.39, 0.29) is 41.4 Å². The van der Waals surface area contributed by atoms with Crippen LogP contribution in [0.2, 0.25) is 5.02 Å². The first-order valence-electron chi connectivity index (χ1n) is 8.36. The van der Waals surface area contributed by atoms with E-state index in [1.54, 1.807) is 6.92 Å². The maximum Gasteiger partial charge on any atom is 0.338 e. The third kappa shape index (κ3) is 3.54. The molecular formula is C18H20ClFN2O4. The molecule has 1 fully saturated rings. The lowest BCUT2D eigenvalue weighted by Gasteiger charge is -2.35. The Kier molecular flexibility index (Phi) is 5.48. The second kappa shape index (κ2) is 7.63. The highest BCUT2D eigenvalue weighted by molar-refractivity contribution is 6.31. The van der Waals surface area contributed by atoms with Gasteiger partial charge in [-0.25, -0.2) is 14.0 Å². The van der Waals surface area contributed by atoms with Crippen LogP contribution in [0, 0.1) is 5.82 Å². The molecule has 1 heterocycles. The molecule has 1 N–H and O–H groups in total. The van der Waals surface area contributed by atoms with Crippen LogP contribution in [0.1, 0.15) is 31.4 Å². The summed E-state index contributed by atoms with van der Waals surface area (Å²) in [5, 5.41) is 2.84. The number of rotatable bonds is 6. The minimum absolute atomic E-state index is 0.0498. The van der Waals surface area contributed by atoms with Crippen molar-refractivity contribution in [3.05, 3.63) is 45.9 Å². The van der Waals surface area contributed by atoms with E-state index in [0.717, 1.165) is 12.8 Å². The van der Waals surface area contributed by atoms with Gasteiger partial charge in [0.2, 0.25) is 0 Å². The third-order valence-corrected chi connectivity index (χ3v) is 4.80. The smallest absolute Gasteiger partial charge is 0.338 e. The highest BCUT2D eigenvalue weighted by Gasteiger charge is 2.43. The van der Waals surface area contributed by atoms with E-state index in [1.165, 1.54) is 30.2 Å². The molecule has 140 valence electrons. The number of carbonyl (C=O) groups is 2. The van der Waals surface area contributed by atoms with Crippen LogP contribution in [0.25, 0.3) is 0 Å². The maximum atomic E-state index is 14.5. The summed E-state index contributed by atoms with van der Waals surface area (Å²) in [4.78, 5) is 26.8. The Bertz CT molecular complexity index is 743. The number of nitrogens with one attached hydrogen (secondary N) is 1. The van der Waals surface area contributed by atoms with E-state index < -0.39 is 17.8 Å². The summed E-state index contributed by atoms with van der Waals surface area (Å²) >= 11 is 6.17. The van der Waals surface area contributed by atoms with E-state index >= 15 is 0 Å². The summed E-state index contributed by atoms with van der Waals surface area (Å²) in [6.45, 7) is 1.97. The molecule has 0 unspecified atom stereocenters. The number of hydrogen-bond acceptors (Lipinski definition) is 4. The molecule has 0 bridgehead atoms. The van der Waals surface area contributed by atoms with Gasteiger partial charge in [0.25, 0.3) is 0 Å². The lowest BCUT2D eigenvalue weighted by atomic mass is 9.94. The van der Waals surface area contributed by atoms with Crippen LogP contribution in [0.3, 0.4) is 0 Å². The van der Waals surface area contributed by atoms with E-state index in [2.05, 4.69) is 5.32 Å². The quantitative estimate of drug-likeness (QED) is 0.606. The van der Waals surface area contributed by atoms with Gasteiger partial charge in [-0.05, 0) is 31.9 Å². The standard InChI is InChI=1S/C18H20ClFN2O4/c1-10-14(17(23)26-9-8-25-2)16(15-12(19)4-3-5-13(15)20)21-18(24)22(10)11-6-7-11/h3-5,11,16H,6-9H2,1-2H3,(H,21,24)/t16-/m0/s1. The lowest BCUT2D eigenvalue weighted by Crippen LogP contribution is -2.49. The molecule has 0 radical (unpaired) electrons. The summed E-state index contributed by atoms with van der Waals surface area (Å²) in [5.74, 6) is -1.23. The summed E-state index contributed by atoms with van der Waals surface area (Å²) < 4.78 is 24.6. The molecule has 1 aliphatic heterocycles. The van der Waals surface area contributed by atoms with Crippen LogP contribution in [-0.4, -0.2) is 43.3 Å². The van der Waals surface area contributed by atoms with E-state index in [0.29, 0.717) is 5.70 Å². The SMILES string of the molecule is COCCOC(=O)C1=C(C)N(C2CC2)C(=O)N[C@@H]1c1c(F)cccc1Cl. The van der Waals surface area contributed by atoms with Crippen LogP contribution in [0.5, 0.6) is 0 Å². The molecule has 2 aliphatic rings. The summed E-state index contributed by atoms with van der Waals surface area (Å²) in [6.07, 6.45) is 1.73. The van der Waals surface area contributed by atoms with Gasteiger partial charge in [-0.15, -0.1) is 0 Å². The Morgan fingerprint density at radius 2 is 2.12 bits per heavy atom. The van der Waals surface area contributed by atoms with Crippen molar-refractivity contribution in [1.29, 1.82) is 0 Å². The monoisotopic (exact) mass is 382 g/mol. The van der Waals surface area contributed by atoms with Crippen LogP contribution < -0.4 is 5.32 Å². The number of methoxy groups -OCH3 is 1. The molecule has 6 nitrogen and oxygen atoms in total. The van der Waals surface area contributed by atoms with Crippen LogP contribution in [-0.2, 0) is 14.3 Å². The van der Waals surface area contributed by atoms with Gasteiger partial charge >= 0.3 is 12.0 Å². The van der Waals surface area contributed by atoms with Gasteiger partial charge in [-0.2, -0.15) is 0 Å². The highest BCUT2D eigenvalue weighted by atomic mass is 35.5. The number of halogens is 2. The number of ether oxygens (including phenoxy) is 2. The maximum absolute atomic E-state index is 14.5. The largest absolute Gasteiger partial charge is 0.460 e. The average molecular weight is 383 g/mol. The molecule has 1 atom stereocenters. The van der Waals surface area contributed by atoms with Crippen molar-refractivity contribution in [3.63, 3.8) is 0 Å². The first-order chi connectivity index (χ1) is 12.5. The molecule has 8 heteroatoms. The van der Waals surface area contributed by atoms with E-state index in [4.69, 9.17) is 21.1 Å². The fraction of sp³-hybridized carbons (Fsp3) is 0.444. The molecule has 0 aromatic heterocycles. The zero-order valence-corrected chi connectivity index (χ0v) is 15.3. The van der Waals surface area contributed by atoms with Crippen molar-refractivity contribution in [2.24, 2.45) is 0 Å². The number of amides is 2. The molecule has 2 amide bonds. The van der Waals surface area contributed by atoms with Gasteiger partial charge in [0.05, 0.1) is 18.2 Å². The minimum Gasteiger partial charge on any atom is -0.460 e. The van der Waals surface area contributed by atoms with Gasteiger partial charge in [-0.3, -0.25) is 4.90 Å². The average Bonchev–Trinajstić information content (AvgIpc) is 3.39. The highest BCUT2D eigenvalue weighted by Crippen LogP contribution is 2.40. The Morgan fingerprint density at radius 3 is 2.73 bits per heavy atom. The van der Waals surface area contributed by atoms with Crippen molar-refractivity contribution >= 4 is 23.6 Å². The lowest BCUT2D eigenvalue weighted by molar-refractivity contribution is -0.140. The molecule has 1 saturated carbocycles. The van der Waals surface area contributed by atoms with Crippen LogP contribution in [0.15, 0.2) is 29.5 Å². The zero-order chi connectivity index (χ0) is 18.8. The molecule has 0 saturated heterocycles. The Balaban J connectivity index is 2.03. The van der Waals surface area contributed by atoms with E-state index in [9.17, 15) is 14.0 Å². The second-order valence-electron chi connectivity index (χ2n) is 6.25. The number of hydrogen-bond donors (Lipinski definition) is 1. The topological polar surface area (TPSA) is 67.9 Å². The predicted molar refractivity (Wildman–Crippen MR) is 93.1 cm³/mol. The number of allylic oxidation sites excluding steroid dienone is 1. The van der Waals surface area contributed by atoms with Gasteiger partial charge in [0, 0.05) is 29.4 Å². The van der Waals surface area contributed by atoms with Crippen LogP contribution in [0.4, 0.5) is 9.18 Å². The van der Waals surface area contributed by atoms with Gasteiger partial charge in [0.15, 0.2) is 0 Å². The van der Waals surface area contributed by atoms with Crippen LogP contribution >= 0.6 is 11.6 Å². The number of nitrogens with zero attached hydrogens (tertiary/aromatic N) is 1. The van der Waals surface area contributed by atoms with Gasteiger partial charge in [0.1, 0.15) is 12.4 Å². The first-order valence-corrected chi connectivity index (χ1v) is 8.74. The fourth-order valence-electron chi connectivity index (χ4n) is 3.09. The van der Waals surface area contributed by atoms with Gasteiger partial charge in [-0.1, -0.05) is 17.7 Å². The van der Waals surface area contributed by atoms with Crippen molar-refractivity contribution in [3.8, 4) is 0 Å². The molecule has 1 aliphatic carbocycles. The van der Waals surface area contributed by atoms with E-state index in [1.807, 2.05) is 0 Å². The summed E-state index contributed by atoms with van der Waals surface area (Å²) in [5.41, 5.74) is 0.693. The number of esters is 1.